The summed E-state index contributed by atoms with van der Waals surface area (Å²) in [4.78, 5) is 17.7. The maximum atomic E-state index is 12.5. The van der Waals surface area contributed by atoms with Crippen LogP contribution in [0, 0.1) is 0 Å². The van der Waals surface area contributed by atoms with Crippen LogP contribution in [0.2, 0.25) is 10.0 Å². The lowest BCUT2D eigenvalue weighted by atomic mass is 9.91. The Hall–Kier alpha value is -2.17. The van der Waals surface area contributed by atoms with Crippen LogP contribution < -0.4 is 5.32 Å². The van der Waals surface area contributed by atoms with Crippen LogP contribution in [0.1, 0.15) is 29.9 Å². The van der Waals surface area contributed by atoms with Gasteiger partial charge in [0.15, 0.2) is 0 Å². The van der Waals surface area contributed by atoms with Gasteiger partial charge in [0.1, 0.15) is 0 Å². The molecule has 1 atom stereocenters. The minimum absolute atomic E-state index is 0.0116. The predicted octanol–water partition coefficient (Wildman–Crippen LogP) is 5.41. The topological polar surface area (TPSA) is 48.1 Å². The van der Waals surface area contributed by atoms with Gasteiger partial charge in [0.05, 0.1) is 0 Å². The molecule has 3 aromatic rings. The van der Waals surface area contributed by atoms with Crippen LogP contribution in [-0.4, -0.2) is 35.5 Å². The number of likely N-dealkylation sites (tertiary alicyclic amines) is 1. The molecule has 1 aliphatic rings. The van der Waals surface area contributed by atoms with Crippen molar-refractivity contribution in [3.05, 3.63) is 69.8 Å². The van der Waals surface area contributed by atoms with E-state index in [-0.39, 0.29) is 11.9 Å². The Bertz CT molecular complexity index is 963. The molecule has 0 bridgehead atoms. The summed E-state index contributed by atoms with van der Waals surface area (Å²) in [5.41, 5.74) is 3.12. The van der Waals surface area contributed by atoms with Gasteiger partial charge in [-0.15, -0.1) is 0 Å². The quantitative estimate of drug-likeness (QED) is 0.602. The van der Waals surface area contributed by atoms with Gasteiger partial charge in [-0.05, 0) is 42.2 Å². The average molecular weight is 402 g/mol. The summed E-state index contributed by atoms with van der Waals surface area (Å²) in [6, 6.07) is 13.7. The molecule has 1 fully saturated rings. The van der Waals surface area contributed by atoms with E-state index in [2.05, 4.69) is 16.4 Å². The third-order valence-electron chi connectivity index (χ3n) is 5.19. The molecule has 0 spiro atoms. The van der Waals surface area contributed by atoms with Crippen LogP contribution in [0.15, 0.2) is 48.7 Å². The van der Waals surface area contributed by atoms with Gasteiger partial charge < -0.3 is 15.2 Å². The first-order valence-corrected chi connectivity index (χ1v) is 9.93. The van der Waals surface area contributed by atoms with Crippen LogP contribution in [0.3, 0.4) is 0 Å². The monoisotopic (exact) mass is 401 g/mol. The zero-order chi connectivity index (χ0) is 18.8. The summed E-state index contributed by atoms with van der Waals surface area (Å²) in [7, 11) is 0. The molecular formula is C21H21Cl2N3O. The number of H-pyrrole nitrogens is 1. The second-order valence-electron chi connectivity index (χ2n) is 6.89. The number of urea groups is 1. The molecule has 2 aromatic carbocycles. The SMILES string of the molecule is O=C(NCC(c1ccc(Cl)cc1Cl)c1c[nH]c2ccccc12)N1CCCC1. The molecule has 2 amide bonds. The molecule has 1 saturated heterocycles. The maximum absolute atomic E-state index is 12.5. The average Bonchev–Trinajstić information content (AvgIpc) is 3.33. The highest BCUT2D eigenvalue weighted by atomic mass is 35.5. The number of hydrogen-bond acceptors (Lipinski definition) is 1. The van der Waals surface area contributed by atoms with E-state index in [9.17, 15) is 4.79 Å². The Morgan fingerprint density at radius 3 is 2.67 bits per heavy atom. The lowest BCUT2D eigenvalue weighted by Gasteiger charge is -2.22. The molecule has 0 aliphatic carbocycles. The van der Waals surface area contributed by atoms with Crippen molar-refractivity contribution >= 4 is 40.1 Å². The molecule has 4 rings (SSSR count). The number of nitrogens with one attached hydrogen (secondary N) is 2. The second kappa shape index (κ2) is 7.83. The van der Waals surface area contributed by atoms with Crippen LogP contribution in [0.4, 0.5) is 4.79 Å². The normalized spacial score (nSPS) is 15.3. The van der Waals surface area contributed by atoms with E-state index in [1.165, 1.54) is 0 Å². The van der Waals surface area contributed by atoms with E-state index in [4.69, 9.17) is 23.2 Å². The van der Waals surface area contributed by atoms with E-state index < -0.39 is 0 Å². The Labute approximate surface area is 168 Å². The first-order chi connectivity index (χ1) is 13.1. The van der Waals surface area contributed by atoms with Gasteiger partial charge in [0, 0.05) is 52.7 Å². The number of hydrogen-bond donors (Lipinski definition) is 2. The number of carbonyl (C=O) groups is 1. The van der Waals surface area contributed by atoms with Gasteiger partial charge in [-0.3, -0.25) is 0 Å². The first-order valence-electron chi connectivity index (χ1n) is 9.17. The lowest BCUT2D eigenvalue weighted by Crippen LogP contribution is -2.40. The molecule has 1 unspecified atom stereocenters. The number of fused-ring (bicyclic) bond motifs is 1. The Balaban J connectivity index is 1.67. The predicted molar refractivity (Wildman–Crippen MR) is 111 cm³/mol. The fraction of sp³-hybridized carbons (Fsp3) is 0.286. The van der Waals surface area contributed by atoms with E-state index in [0.29, 0.717) is 16.6 Å². The third kappa shape index (κ3) is 3.78. The van der Waals surface area contributed by atoms with Gasteiger partial charge in [0.2, 0.25) is 0 Å². The van der Waals surface area contributed by atoms with Crippen molar-refractivity contribution in [1.29, 1.82) is 0 Å². The van der Waals surface area contributed by atoms with Crippen molar-refractivity contribution in [2.45, 2.75) is 18.8 Å². The van der Waals surface area contributed by atoms with Crippen LogP contribution in [-0.2, 0) is 0 Å². The largest absolute Gasteiger partial charge is 0.361 e. The van der Waals surface area contributed by atoms with Gasteiger partial charge in [0.25, 0.3) is 0 Å². The number of halogens is 2. The number of nitrogens with zero attached hydrogens (tertiary/aromatic N) is 1. The highest BCUT2D eigenvalue weighted by molar-refractivity contribution is 6.35. The zero-order valence-corrected chi connectivity index (χ0v) is 16.4. The van der Waals surface area contributed by atoms with Gasteiger partial charge in [-0.2, -0.15) is 0 Å². The molecule has 0 radical (unpaired) electrons. The number of aromatic amines is 1. The van der Waals surface area contributed by atoms with E-state index >= 15 is 0 Å². The van der Waals surface area contributed by atoms with E-state index in [0.717, 1.165) is 48.0 Å². The number of amides is 2. The van der Waals surface area contributed by atoms with Gasteiger partial charge >= 0.3 is 6.03 Å². The molecule has 2 heterocycles. The highest BCUT2D eigenvalue weighted by Gasteiger charge is 2.23. The summed E-state index contributed by atoms with van der Waals surface area (Å²) in [6.45, 7) is 2.12. The van der Waals surface area contributed by atoms with E-state index in [1.54, 1.807) is 6.07 Å². The summed E-state index contributed by atoms with van der Waals surface area (Å²) in [5.74, 6) is -0.0718. The number of benzene rings is 2. The lowest BCUT2D eigenvalue weighted by molar-refractivity contribution is 0.208. The van der Waals surface area contributed by atoms with Crippen LogP contribution >= 0.6 is 23.2 Å². The Morgan fingerprint density at radius 2 is 1.89 bits per heavy atom. The maximum Gasteiger partial charge on any atom is 0.317 e. The smallest absolute Gasteiger partial charge is 0.317 e. The minimum atomic E-state index is -0.0718. The summed E-state index contributed by atoms with van der Waals surface area (Å²) < 4.78 is 0. The molecule has 1 aliphatic heterocycles. The first kappa shape index (κ1) is 18.2. The molecular weight excluding hydrogens is 381 g/mol. The fourth-order valence-corrected chi connectivity index (χ4v) is 4.32. The number of carbonyl (C=O) groups excluding carboxylic acids is 1. The van der Waals surface area contributed by atoms with Crippen molar-refractivity contribution in [3.8, 4) is 0 Å². The molecule has 2 N–H and O–H groups in total. The van der Waals surface area contributed by atoms with Gasteiger partial charge in [-0.1, -0.05) is 47.5 Å². The number of para-hydroxylation sites is 1. The van der Waals surface area contributed by atoms with Crippen LogP contribution in [0.25, 0.3) is 10.9 Å². The Kier molecular flexibility index (Phi) is 5.28. The molecule has 27 heavy (non-hydrogen) atoms. The zero-order valence-electron chi connectivity index (χ0n) is 14.8. The number of aromatic nitrogens is 1. The summed E-state index contributed by atoms with van der Waals surface area (Å²) >= 11 is 12.6. The van der Waals surface area contributed by atoms with Crippen molar-refractivity contribution in [1.82, 2.24) is 15.2 Å². The highest BCUT2D eigenvalue weighted by Crippen LogP contribution is 2.35. The molecule has 1 aromatic heterocycles. The Morgan fingerprint density at radius 1 is 1.11 bits per heavy atom. The van der Waals surface area contributed by atoms with Gasteiger partial charge in [-0.25, -0.2) is 4.79 Å². The fourth-order valence-electron chi connectivity index (χ4n) is 3.78. The summed E-state index contributed by atoms with van der Waals surface area (Å²) in [5, 5.41) is 5.43. The summed E-state index contributed by atoms with van der Waals surface area (Å²) in [6.07, 6.45) is 4.15. The minimum Gasteiger partial charge on any atom is -0.361 e. The standard InChI is InChI=1S/C21H21Cl2N3O/c22-14-7-8-15(19(23)11-14)17(13-25-21(27)26-9-3-4-10-26)18-12-24-20-6-2-1-5-16(18)20/h1-2,5-8,11-12,17,24H,3-4,9-10,13H2,(H,25,27). The van der Waals surface area contributed by atoms with Crippen LogP contribution in [0.5, 0.6) is 0 Å². The van der Waals surface area contributed by atoms with Crippen molar-refractivity contribution < 1.29 is 4.79 Å². The van der Waals surface area contributed by atoms with Crippen molar-refractivity contribution in [2.24, 2.45) is 0 Å². The number of rotatable bonds is 4. The third-order valence-corrected chi connectivity index (χ3v) is 5.75. The molecule has 0 saturated carbocycles. The molecule has 140 valence electrons. The van der Waals surface area contributed by atoms with Crippen molar-refractivity contribution in [2.75, 3.05) is 19.6 Å². The second-order valence-corrected chi connectivity index (χ2v) is 7.73. The van der Waals surface area contributed by atoms with E-state index in [1.807, 2.05) is 41.4 Å². The molecule has 4 nitrogen and oxygen atoms in total. The van der Waals surface area contributed by atoms with Crippen molar-refractivity contribution in [3.63, 3.8) is 0 Å². The molecule has 6 heteroatoms.